The van der Waals surface area contributed by atoms with Gasteiger partial charge < -0.3 is 20.1 Å². The van der Waals surface area contributed by atoms with E-state index in [1.165, 1.54) is 0 Å². The zero-order valence-corrected chi connectivity index (χ0v) is 15.7. The quantitative estimate of drug-likeness (QED) is 0.390. The van der Waals surface area contributed by atoms with Crippen LogP contribution in [-0.4, -0.2) is 32.3 Å². The van der Waals surface area contributed by atoms with Gasteiger partial charge in [0.1, 0.15) is 12.4 Å². The lowest BCUT2D eigenvalue weighted by atomic mass is 10.2. The Hall–Kier alpha value is -2.53. The van der Waals surface area contributed by atoms with Gasteiger partial charge in [-0.3, -0.25) is 0 Å². The smallest absolute Gasteiger partial charge is 0.191 e. The van der Waals surface area contributed by atoms with Gasteiger partial charge in [0.25, 0.3) is 0 Å². The summed E-state index contributed by atoms with van der Waals surface area (Å²) in [6.07, 6.45) is 0. The molecule has 0 aliphatic heterocycles. The zero-order valence-electron chi connectivity index (χ0n) is 15.7. The van der Waals surface area contributed by atoms with Crippen LogP contribution in [0, 0.1) is 0 Å². The lowest BCUT2D eigenvalue weighted by Gasteiger charge is -2.11. The maximum absolute atomic E-state index is 5.88. The predicted molar refractivity (Wildman–Crippen MR) is 107 cm³/mol. The van der Waals surface area contributed by atoms with E-state index in [9.17, 15) is 0 Å². The van der Waals surface area contributed by atoms with E-state index in [4.69, 9.17) is 9.47 Å². The molecular weight excluding hydrogens is 326 g/mol. The highest BCUT2D eigenvalue weighted by molar-refractivity contribution is 5.79. The van der Waals surface area contributed by atoms with E-state index in [1.807, 2.05) is 43.3 Å². The van der Waals surface area contributed by atoms with E-state index >= 15 is 0 Å². The third kappa shape index (κ3) is 7.57. The normalized spacial score (nSPS) is 11.2. The Morgan fingerprint density at radius 2 is 1.77 bits per heavy atom. The van der Waals surface area contributed by atoms with Crippen molar-refractivity contribution < 1.29 is 9.47 Å². The second kappa shape index (κ2) is 11.9. The van der Waals surface area contributed by atoms with E-state index in [2.05, 4.69) is 40.7 Å². The average molecular weight is 355 g/mol. The van der Waals surface area contributed by atoms with Gasteiger partial charge in [-0.1, -0.05) is 42.5 Å². The van der Waals surface area contributed by atoms with Gasteiger partial charge in [0.05, 0.1) is 13.2 Å². The Bertz CT molecular complexity index is 659. The van der Waals surface area contributed by atoms with E-state index in [1.54, 1.807) is 0 Å². The third-order valence-corrected chi connectivity index (χ3v) is 3.65. The van der Waals surface area contributed by atoms with Crippen LogP contribution >= 0.6 is 0 Å². The first kappa shape index (κ1) is 19.8. The standard InChI is InChI=1S/C21H29N3O2/c1-3-22-21(23-13-14-25-4-2)24-16-19-11-8-12-20(15-19)26-17-18-9-6-5-7-10-18/h5-12,15H,3-4,13-14,16-17H2,1-2H3,(H2,22,23,24). The van der Waals surface area contributed by atoms with Crippen LogP contribution in [0.15, 0.2) is 59.6 Å². The van der Waals surface area contributed by atoms with Gasteiger partial charge in [-0.15, -0.1) is 0 Å². The lowest BCUT2D eigenvalue weighted by Crippen LogP contribution is -2.39. The van der Waals surface area contributed by atoms with E-state index in [-0.39, 0.29) is 0 Å². The van der Waals surface area contributed by atoms with Crippen LogP contribution in [-0.2, 0) is 17.9 Å². The summed E-state index contributed by atoms with van der Waals surface area (Å²) in [6.45, 7) is 8.15. The summed E-state index contributed by atoms with van der Waals surface area (Å²) in [6, 6.07) is 18.2. The van der Waals surface area contributed by atoms with Crippen molar-refractivity contribution in [2.45, 2.75) is 27.0 Å². The van der Waals surface area contributed by atoms with Crippen molar-refractivity contribution >= 4 is 5.96 Å². The molecule has 0 heterocycles. The Kier molecular flexibility index (Phi) is 9.08. The lowest BCUT2D eigenvalue weighted by molar-refractivity contribution is 0.152. The molecule has 0 saturated carbocycles. The number of hydrogen-bond donors (Lipinski definition) is 2. The number of guanidine groups is 1. The Morgan fingerprint density at radius 1 is 0.962 bits per heavy atom. The topological polar surface area (TPSA) is 54.9 Å². The van der Waals surface area contributed by atoms with Gasteiger partial charge >= 0.3 is 0 Å². The van der Waals surface area contributed by atoms with Crippen LogP contribution in [0.1, 0.15) is 25.0 Å². The molecule has 140 valence electrons. The maximum atomic E-state index is 5.88. The second-order valence-electron chi connectivity index (χ2n) is 5.74. The van der Waals surface area contributed by atoms with Gasteiger partial charge in [0.15, 0.2) is 5.96 Å². The van der Waals surface area contributed by atoms with Gasteiger partial charge in [0, 0.05) is 19.7 Å². The highest BCUT2D eigenvalue weighted by Gasteiger charge is 2.00. The van der Waals surface area contributed by atoms with Crippen molar-refractivity contribution in [3.05, 3.63) is 65.7 Å². The fourth-order valence-electron chi connectivity index (χ4n) is 2.37. The third-order valence-electron chi connectivity index (χ3n) is 3.65. The summed E-state index contributed by atoms with van der Waals surface area (Å²) in [4.78, 5) is 4.62. The number of benzene rings is 2. The number of rotatable bonds is 10. The number of nitrogens with zero attached hydrogens (tertiary/aromatic N) is 1. The summed E-state index contributed by atoms with van der Waals surface area (Å²) < 4.78 is 11.2. The highest BCUT2D eigenvalue weighted by atomic mass is 16.5. The highest BCUT2D eigenvalue weighted by Crippen LogP contribution is 2.16. The molecule has 0 bridgehead atoms. The molecule has 2 aromatic carbocycles. The van der Waals surface area contributed by atoms with Gasteiger partial charge in [-0.25, -0.2) is 4.99 Å². The molecule has 0 saturated heterocycles. The molecule has 0 unspecified atom stereocenters. The number of nitrogens with one attached hydrogen (secondary N) is 2. The van der Waals surface area contributed by atoms with Crippen molar-refractivity contribution in [1.29, 1.82) is 0 Å². The number of hydrogen-bond acceptors (Lipinski definition) is 3. The fourth-order valence-corrected chi connectivity index (χ4v) is 2.37. The average Bonchev–Trinajstić information content (AvgIpc) is 2.69. The number of ether oxygens (including phenoxy) is 2. The summed E-state index contributed by atoms with van der Waals surface area (Å²) in [5, 5.41) is 6.51. The van der Waals surface area contributed by atoms with E-state index in [0.29, 0.717) is 19.8 Å². The summed E-state index contributed by atoms with van der Waals surface area (Å²) in [5.74, 6) is 1.65. The first-order chi connectivity index (χ1) is 12.8. The maximum Gasteiger partial charge on any atom is 0.191 e. The zero-order chi connectivity index (χ0) is 18.5. The molecule has 0 fully saturated rings. The molecule has 5 heteroatoms. The van der Waals surface area contributed by atoms with Crippen LogP contribution in [0.3, 0.4) is 0 Å². The molecule has 26 heavy (non-hydrogen) atoms. The van der Waals surface area contributed by atoms with Crippen molar-refractivity contribution in [2.75, 3.05) is 26.3 Å². The van der Waals surface area contributed by atoms with Crippen molar-refractivity contribution in [3.63, 3.8) is 0 Å². The van der Waals surface area contributed by atoms with Crippen LogP contribution in [0.5, 0.6) is 5.75 Å². The van der Waals surface area contributed by atoms with Crippen LogP contribution < -0.4 is 15.4 Å². The predicted octanol–water partition coefficient (Wildman–Crippen LogP) is 3.36. The van der Waals surface area contributed by atoms with E-state index in [0.717, 1.165) is 42.5 Å². The van der Waals surface area contributed by atoms with Crippen molar-refractivity contribution in [3.8, 4) is 5.75 Å². The number of aliphatic imine (C=N–C) groups is 1. The molecule has 0 aliphatic carbocycles. The minimum absolute atomic E-state index is 0.565. The second-order valence-corrected chi connectivity index (χ2v) is 5.74. The molecule has 0 spiro atoms. The summed E-state index contributed by atoms with van der Waals surface area (Å²) in [5.41, 5.74) is 2.27. The monoisotopic (exact) mass is 355 g/mol. The SMILES string of the molecule is CCNC(=NCc1cccc(OCc2ccccc2)c1)NCCOCC. The van der Waals surface area contributed by atoms with Gasteiger partial charge in [-0.2, -0.15) is 0 Å². The largest absolute Gasteiger partial charge is 0.489 e. The Balaban J connectivity index is 1.88. The van der Waals surface area contributed by atoms with Crippen LogP contribution in [0.4, 0.5) is 0 Å². The molecule has 0 atom stereocenters. The summed E-state index contributed by atoms with van der Waals surface area (Å²) >= 11 is 0. The first-order valence-corrected chi connectivity index (χ1v) is 9.17. The molecule has 0 aliphatic rings. The molecule has 2 rings (SSSR count). The molecule has 2 N–H and O–H groups in total. The van der Waals surface area contributed by atoms with Gasteiger partial charge in [0.2, 0.25) is 0 Å². The fraction of sp³-hybridized carbons (Fsp3) is 0.381. The summed E-state index contributed by atoms with van der Waals surface area (Å²) in [7, 11) is 0. The van der Waals surface area contributed by atoms with E-state index < -0.39 is 0 Å². The molecule has 0 radical (unpaired) electrons. The molecular formula is C21H29N3O2. The molecule has 0 aromatic heterocycles. The Labute approximate surface area is 156 Å². The van der Waals surface area contributed by atoms with Crippen molar-refractivity contribution in [1.82, 2.24) is 10.6 Å². The molecule has 0 amide bonds. The van der Waals surface area contributed by atoms with Crippen LogP contribution in [0.25, 0.3) is 0 Å². The molecule has 5 nitrogen and oxygen atoms in total. The first-order valence-electron chi connectivity index (χ1n) is 9.17. The Morgan fingerprint density at radius 3 is 2.54 bits per heavy atom. The van der Waals surface area contributed by atoms with Gasteiger partial charge in [-0.05, 0) is 37.1 Å². The van der Waals surface area contributed by atoms with Crippen LogP contribution in [0.2, 0.25) is 0 Å². The minimum Gasteiger partial charge on any atom is -0.489 e. The van der Waals surface area contributed by atoms with Crippen molar-refractivity contribution in [2.24, 2.45) is 4.99 Å². The minimum atomic E-state index is 0.565. The molecule has 2 aromatic rings.